The van der Waals surface area contributed by atoms with E-state index in [1.807, 2.05) is 35.9 Å². The van der Waals surface area contributed by atoms with E-state index >= 15 is 0 Å². The molecule has 1 N–H and O–H groups in total. The SMILES string of the molecule is Cc1nccn1-c1cc(Oc2ccc(NC(=O)Cc3ccccc3Cl)cc2)ncn1. The van der Waals surface area contributed by atoms with E-state index in [9.17, 15) is 4.79 Å². The van der Waals surface area contributed by atoms with Gasteiger partial charge in [0.15, 0.2) is 0 Å². The summed E-state index contributed by atoms with van der Waals surface area (Å²) in [6.07, 6.45) is 5.17. The summed E-state index contributed by atoms with van der Waals surface area (Å²) < 4.78 is 7.65. The van der Waals surface area contributed by atoms with Crippen molar-refractivity contribution in [3.63, 3.8) is 0 Å². The highest BCUT2D eigenvalue weighted by atomic mass is 35.5. The van der Waals surface area contributed by atoms with E-state index < -0.39 is 0 Å². The van der Waals surface area contributed by atoms with E-state index in [1.165, 1.54) is 6.33 Å². The molecule has 0 saturated carbocycles. The lowest BCUT2D eigenvalue weighted by atomic mass is 10.1. The number of benzene rings is 2. The number of nitrogens with one attached hydrogen (secondary N) is 1. The summed E-state index contributed by atoms with van der Waals surface area (Å²) in [7, 11) is 0. The Balaban J connectivity index is 1.40. The highest BCUT2D eigenvalue weighted by molar-refractivity contribution is 6.31. The number of carbonyl (C=O) groups excluding carboxylic acids is 1. The summed E-state index contributed by atoms with van der Waals surface area (Å²) in [5.41, 5.74) is 1.45. The van der Waals surface area contributed by atoms with Crippen LogP contribution in [0.4, 0.5) is 5.69 Å². The van der Waals surface area contributed by atoms with Crippen LogP contribution < -0.4 is 10.1 Å². The van der Waals surface area contributed by atoms with E-state index in [-0.39, 0.29) is 12.3 Å². The Morgan fingerprint density at radius 1 is 1.10 bits per heavy atom. The van der Waals surface area contributed by atoms with Crippen LogP contribution in [-0.2, 0) is 11.2 Å². The molecular weight excluding hydrogens is 402 g/mol. The molecule has 2 aromatic heterocycles. The monoisotopic (exact) mass is 419 g/mol. The normalized spacial score (nSPS) is 10.6. The zero-order chi connectivity index (χ0) is 20.9. The van der Waals surface area contributed by atoms with Crippen LogP contribution in [-0.4, -0.2) is 25.4 Å². The predicted octanol–water partition coefficient (Wildman–Crippen LogP) is 4.60. The van der Waals surface area contributed by atoms with E-state index in [0.717, 1.165) is 11.4 Å². The number of hydrogen-bond acceptors (Lipinski definition) is 5. The Morgan fingerprint density at radius 2 is 1.90 bits per heavy atom. The summed E-state index contributed by atoms with van der Waals surface area (Å²) in [5.74, 6) is 2.33. The summed E-state index contributed by atoms with van der Waals surface area (Å²) in [6.45, 7) is 1.89. The van der Waals surface area contributed by atoms with Crippen LogP contribution in [0, 0.1) is 6.92 Å². The number of nitrogens with zero attached hydrogens (tertiary/aromatic N) is 4. The van der Waals surface area contributed by atoms with Crippen molar-refractivity contribution in [2.45, 2.75) is 13.3 Å². The summed E-state index contributed by atoms with van der Waals surface area (Å²) in [6, 6.07) is 16.1. The van der Waals surface area contributed by atoms with Crippen LogP contribution >= 0.6 is 11.6 Å². The third-order valence-corrected chi connectivity index (χ3v) is 4.74. The van der Waals surface area contributed by atoms with E-state index in [0.29, 0.717) is 28.2 Å². The first kappa shape index (κ1) is 19.6. The average molecular weight is 420 g/mol. The zero-order valence-corrected chi connectivity index (χ0v) is 16.9. The fraction of sp³-hybridized carbons (Fsp3) is 0.0909. The summed E-state index contributed by atoms with van der Waals surface area (Å²) in [5, 5.41) is 3.43. The second-order valence-electron chi connectivity index (χ2n) is 6.50. The van der Waals surface area contributed by atoms with E-state index in [1.54, 1.807) is 42.6 Å². The molecule has 0 unspecified atom stereocenters. The second kappa shape index (κ2) is 8.75. The van der Waals surface area contributed by atoms with Crippen molar-refractivity contribution in [1.29, 1.82) is 0 Å². The van der Waals surface area contributed by atoms with E-state index in [2.05, 4.69) is 20.3 Å². The molecule has 2 aromatic carbocycles. The van der Waals surface area contributed by atoms with Crippen LogP contribution in [0.5, 0.6) is 11.6 Å². The molecule has 0 aliphatic heterocycles. The maximum absolute atomic E-state index is 12.3. The van der Waals surface area contributed by atoms with Gasteiger partial charge in [-0.15, -0.1) is 0 Å². The van der Waals surface area contributed by atoms with Crippen LogP contribution in [0.2, 0.25) is 5.02 Å². The molecule has 7 nitrogen and oxygen atoms in total. The van der Waals surface area contributed by atoms with Gasteiger partial charge in [-0.25, -0.2) is 15.0 Å². The fourth-order valence-electron chi connectivity index (χ4n) is 2.88. The molecule has 0 aliphatic carbocycles. The quantitative estimate of drug-likeness (QED) is 0.494. The number of aryl methyl sites for hydroxylation is 1. The first-order chi connectivity index (χ1) is 14.6. The molecule has 0 bridgehead atoms. The number of carbonyl (C=O) groups is 1. The molecule has 0 spiro atoms. The lowest BCUT2D eigenvalue weighted by Gasteiger charge is -2.09. The standard InChI is InChI=1S/C22H18ClN5O2/c1-15-24-10-11-28(15)20-13-22(26-14-25-20)30-18-8-6-17(7-9-18)27-21(29)12-16-4-2-3-5-19(16)23/h2-11,13-14H,12H2,1H3,(H,27,29). The van der Waals surface area contributed by atoms with Crippen LogP contribution in [0.1, 0.15) is 11.4 Å². The number of anilines is 1. The van der Waals surface area contributed by atoms with Gasteiger partial charge in [-0.05, 0) is 42.8 Å². The molecule has 8 heteroatoms. The van der Waals surface area contributed by atoms with Gasteiger partial charge in [-0.2, -0.15) is 0 Å². The fourth-order valence-corrected chi connectivity index (χ4v) is 3.09. The molecular formula is C22H18ClN5O2. The number of ether oxygens (including phenoxy) is 1. The number of rotatable bonds is 6. The Hall–Kier alpha value is -3.71. The molecule has 0 fully saturated rings. The number of imidazole rings is 1. The predicted molar refractivity (Wildman–Crippen MR) is 114 cm³/mol. The van der Waals surface area contributed by atoms with Crippen molar-refractivity contribution < 1.29 is 9.53 Å². The largest absolute Gasteiger partial charge is 0.439 e. The van der Waals surface area contributed by atoms with Gasteiger partial charge >= 0.3 is 0 Å². The number of halogens is 1. The molecule has 0 aliphatic rings. The Kier molecular flexibility index (Phi) is 5.72. The minimum atomic E-state index is -0.145. The highest BCUT2D eigenvalue weighted by Crippen LogP contribution is 2.23. The molecule has 4 aromatic rings. The smallest absolute Gasteiger partial charge is 0.228 e. The first-order valence-corrected chi connectivity index (χ1v) is 9.60. The molecule has 0 atom stereocenters. The maximum Gasteiger partial charge on any atom is 0.228 e. The van der Waals surface area contributed by atoms with Crippen molar-refractivity contribution in [3.05, 3.63) is 89.7 Å². The third-order valence-electron chi connectivity index (χ3n) is 4.37. The molecule has 30 heavy (non-hydrogen) atoms. The maximum atomic E-state index is 12.3. The van der Waals surface area contributed by atoms with Gasteiger partial charge < -0.3 is 10.1 Å². The van der Waals surface area contributed by atoms with Crippen LogP contribution in [0.15, 0.2) is 73.3 Å². The minimum absolute atomic E-state index is 0.145. The number of aromatic nitrogens is 4. The van der Waals surface area contributed by atoms with Gasteiger partial charge in [-0.3, -0.25) is 9.36 Å². The molecule has 0 radical (unpaired) electrons. The molecule has 1 amide bonds. The Bertz CT molecular complexity index is 1170. The third kappa shape index (κ3) is 4.64. The molecule has 150 valence electrons. The summed E-state index contributed by atoms with van der Waals surface area (Å²) >= 11 is 6.11. The first-order valence-electron chi connectivity index (χ1n) is 9.22. The topological polar surface area (TPSA) is 81.9 Å². The number of amides is 1. The van der Waals surface area contributed by atoms with Gasteiger partial charge in [0.05, 0.1) is 6.42 Å². The Morgan fingerprint density at radius 3 is 2.63 bits per heavy atom. The lowest BCUT2D eigenvalue weighted by molar-refractivity contribution is -0.115. The molecule has 0 saturated heterocycles. The minimum Gasteiger partial charge on any atom is -0.439 e. The van der Waals surface area contributed by atoms with Crippen molar-refractivity contribution in [3.8, 4) is 17.4 Å². The molecule has 4 rings (SSSR count). The lowest BCUT2D eigenvalue weighted by Crippen LogP contribution is -2.14. The van der Waals surface area contributed by atoms with E-state index in [4.69, 9.17) is 16.3 Å². The van der Waals surface area contributed by atoms with Crippen LogP contribution in [0.3, 0.4) is 0 Å². The van der Waals surface area contributed by atoms with Crippen LogP contribution in [0.25, 0.3) is 5.82 Å². The van der Waals surface area contributed by atoms with Crippen molar-refractivity contribution >= 4 is 23.2 Å². The zero-order valence-electron chi connectivity index (χ0n) is 16.1. The van der Waals surface area contributed by atoms with Gasteiger partial charge in [0.25, 0.3) is 0 Å². The Labute approximate surface area is 178 Å². The van der Waals surface area contributed by atoms with Crippen molar-refractivity contribution in [2.75, 3.05) is 5.32 Å². The van der Waals surface area contributed by atoms with Gasteiger partial charge in [-0.1, -0.05) is 29.8 Å². The van der Waals surface area contributed by atoms with Gasteiger partial charge in [0, 0.05) is 29.2 Å². The number of hydrogen-bond donors (Lipinski definition) is 1. The van der Waals surface area contributed by atoms with Crippen molar-refractivity contribution in [1.82, 2.24) is 19.5 Å². The second-order valence-corrected chi connectivity index (χ2v) is 6.91. The van der Waals surface area contributed by atoms with Crippen molar-refractivity contribution in [2.24, 2.45) is 0 Å². The van der Waals surface area contributed by atoms with Gasteiger partial charge in [0.1, 0.15) is 23.7 Å². The van der Waals surface area contributed by atoms with Gasteiger partial charge in [0.2, 0.25) is 11.8 Å². The highest BCUT2D eigenvalue weighted by Gasteiger charge is 2.08. The summed E-state index contributed by atoms with van der Waals surface area (Å²) in [4.78, 5) is 24.9. The molecule has 2 heterocycles. The average Bonchev–Trinajstić information content (AvgIpc) is 3.17.